The van der Waals surface area contributed by atoms with E-state index in [2.05, 4.69) is 412 Å². The van der Waals surface area contributed by atoms with Gasteiger partial charge in [-0.2, -0.15) is 0 Å². The molecule has 0 radical (unpaired) electrons. The normalized spacial score (nSPS) is 12.2. The summed E-state index contributed by atoms with van der Waals surface area (Å²) in [4.78, 5) is 10.3. The van der Waals surface area contributed by atoms with Gasteiger partial charge >= 0.3 is 0 Å². The minimum atomic E-state index is -0.342. The van der Waals surface area contributed by atoms with E-state index in [0.29, 0.717) is 0 Å². The molecule has 103 heavy (non-hydrogen) atoms. The molecule has 0 aliphatic carbocycles. The molecule has 0 saturated carbocycles. The van der Waals surface area contributed by atoms with Crippen molar-refractivity contribution in [3.05, 3.63) is 388 Å². The summed E-state index contributed by atoms with van der Waals surface area (Å²) in [5, 5.41) is 4.81. The van der Waals surface area contributed by atoms with Crippen LogP contribution in [0.1, 0.15) is 0 Å². The molecular formula is C96H64BN5S. The molecule has 2 aliphatic rings. The third kappa shape index (κ3) is 9.84. The number of fused-ring (bicyclic) bond motifs is 11. The van der Waals surface area contributed by atoms with Gasteiger partial charge in [0, 0.05) is 104 Å². The lowest BCUT2D eigenvalue weighted by Crippen LogP contribution is -2.61. The van der Waals surface area contributed by atoms with Gasteiger partial charge in [-0.1, -0.05) is 291 Å². The van der Waals surface area contributed by atoms with Crippen molar-refractivity contribution in [1.82, 2.24) is 4.57 Å². The lowest BCUT2D eigenvalue weighted by atomic mass is 9.33. The van der Waals surface area contributed by atoms with Crippen LogP contribution in [0, 0.1) is 0 Å². The smallest absolute Gasteiger partial charge is 0.254 e. The topological polar surface area (TPSA) is 17.9 Å². The Labute approximate surface area is 603 Å². The van der Waals surface area contributed by atoms with Crippen LogP contribution in [0.15, 0.2) is 388 Å². The largest absolute Gasteiger partial charge is 0.310 e. The summed E-state index contributed by atoms with van der Waals surface area (Å²) in [6, 6.07) is 144. The monoisotopic (exact) mass is 1330 g/mol. The van der Waals surface area contributed by atoms with E-state index in [4.69, 9.17) is 0 Å². The first kappa shape index (κ1) is 59.8. The first-order valence-corrected chi connectivity index (χ1v) is 36.2. The molecule has 2 aliphatic heterocycles. The molecule has 0 bridgehead atoms. The molecule has 0 amide bonds. The predicted molar refractivity (Wildman–Crippen MR) is 439 cm³/mol. The number of benzene rings is 16. The van der Waals surface area contributed by atoms with Crippen molar-refractivity contribution in [2.24, 2.45) is 0 Å². The first-order valence-electron chi connectivity index (χ1n) is 35.4. The minimum Gasteiger partial charge on any atom is -0.310 e. The number of para-hydroxylation sites is 8. The first-order chi connectivity index (χ1) is 51.2. The zero-order valence-electron chi connectivity index (χ0n) is 56.2. The van der Waals surface area contributed by atoms with E-state index in [-0.39, 0.29) is 6.71 Å². The second-order valence-electron chi connectivity index (χ2n) is 26.6. The highest BCUT2D eigenvalue weighted by atomic mass is 32.1. The lowest BCUT2D eigenvalue weighted by Gasteiger charge is -2.46. The Kier molecular flexibility index (Phi) is 14.5. The molecule has 0 atom stereocenters. The summed E-state index contributed by atoms with van der Waals surface area (Å²) in [5.74, 6) is 0. The summed E-state index contributed by atoms with van der Waals surface area (Å²) >= 11 is 1.92. The standard InChI is InChI=1S/C96H64BN5S/c1-9-33-65(34-10-1)75-52-31-53-76(66-35-11-2-12-36-66)94(75)101-85-61-73(98(69-41-17-5-18-42-69)70-43-19-6-20-44-70)59-60-82(85)97-92-87(101)62-74(100-83-56-28-25-49-79(83)80-50-26-29-57-84(80)100)63-88(92)102(95-77(67-37-13-3-14-38-67)54-32-55-78(95)68-39-15-4-16-40-68)89-64-86(91-81-51-27-30-58-90(81)103-96(91)93(89)97)99(71-45-21-7-22-46-71)72-47-23-8-24-48-72/h1-64H. The van der Waals surface area contributed by atoms with Crippen LogP contribution in [0.25, 0.3) is 92.2 Å². The Morgan fingerprint density at radius 3 is 1.09 bits per heavy atom. The Hall–Kier alpha value is -13.2. The van der Waals surface area contributed by atoms with Crippen molar-refractivity contribution < 1.29 is 0 Å². The van der Waals surface area contributed by atoms with E-state index in [1.807, 2.05) is 11.3 Å². The minimum absolute atomic E-state index is 0.342. The number of hydrogen-bond acceptors (Lipinski definition) is 5. The van der Waals surface area contributed by atoms with Crippen molar-refractivity contribution in [2.75, 3.05) is 19.6 Å². The molecule has 16 aromatic carbocycles. The molecule has 0 N–H and O–H groups in total. The average molecular weight is 1330 g/mol. The fourth-order valence-corrected chi connectivity index (χ4v) is 17.9. The van der Waals surface area contributed by atoms with E-state index >= 15 is 0 Å². The van der Waals surface area contributed by atoms with Gasteiger partial charge in [-0.15, -0.1) is 11.3 Å². The van der Waals surface area contributed by atoms with Gasteiger partial charge in [-0.25, -0.2) is 0 Å². The second-order valence-corrected chi connectivity index (χ2v) is 27.7. The van der Waals surface area contributed by atoms with Crippen LogP contribution in [0.5, 0.6) is 0 Å². The van der Waals surface area contributed by atoms with Gasteiger partial charge in [0.2, 0.25) is 0 Å². The van der Waals surface area contributed by atoms with Gasteiger partial charge in [0.25, 0.3) is 6.71 Å². The van der Waals surface area contributed by atoms with E-state index < -0.39 is 0 Å². The molecule has 0 fully saturated rings. The Morgan fingerprint density at radius 1 is 0.272 bits per heavy atom. The van der Waals surface area contributed by atoms with Gasteiger partial charge < -0.3 is 24.2 Å². The number of hydrogen-bond donors (Lipinski definition) is 0. The van der Waals surface area contributed by atoms with Crippen LogP contribution in [0.2, 0.25) is 0 Å². The highest BCUT2D eigenvalue weighted by Gasteiger charge is 2.48. The highest BCUT2D eigenvalue weighted by molar-refractivity contribution is 7.28. The van der Waals surface area contributed by atoms with Gasteiger partial charge in [-0.3, -0.25) is 0 Å². The zero-order valence-corrected chi connectivity index (χ0v) is 57.0. The van der Waals surface area contributed by atoms with E-state index in [1.165, 1.54) is 47.3 Å². The average Bonchev–Trinajstić information content (AvgIpc) is 1.61. The van der Waals surface area contributed by atoms with E-state index in [0.717, 1.165) is 129 Å². The maximum absolute atomic E-state index is 2.72. The van der Waals surface area contributed by atoms with Crippen molar-refractivity contribution in [2.45, 2.75) is 0 Å². The second kappa shape index (κ2) is 24.9. The van der Waals surface area contributed by atoms with E-state index in [1.54, 1.807) is 0 Å². The Bertz CT molecular complexity index is 5980. The van der Waals surface area contributed by atoms with Gasteiger partial charge in [0.15, 0.2) is 0 Å². The van der Waals surface area contributed by atoms with Crippen LogP contribution in [-0.2, 0) is 0 Å². The number of rotatable bonds is 13. The maximum Gasteiger partial charge on any atom is 0.254 e. The number of nitrogens with zero attached hydrogens (tertiary/aromatic N) is 5. The van der Waals surface area contributed by atoms with Crippen LogP contribution in [0.3, 0.4) is 0 Å². The van der Waals surface area contributed by atoms with Gasteiger partial charge in [0.05, 0.1) is 33.8 Å². The molecule has 20 rings (SSSR count). The van der Waals surface area contributed by atoms with Crippen LogP contribution < -0.4 is 36.0 Å². The molecule has 482 valence electrons. The third-order valence-electron chi connectivity index (χ3n) is 20.9. The zero-order chi connectivity index (χ0) is 67.9. The van der Waals surface area contributed by atoms with Gasteiger partial charge in [0.1, 0.15) is 0 Å². The molecule has 2 aromatic heterocycles. The lowest BCUT2D eigenvalue weighted by molar-refractivity contribution is 1.16. The molecule has 0 saturated heterocycles. The van der Waals surface area contributed by atoms with E-state index in [9.17, 15) is 0 Å². The Balaban J connectivity index is 1.02. The number of thiophene rings is 1. The van der Waals surface area contributed by atoms with Crippen molar-refractivity contribution in [1.29, 1.82) is 0 Å². The highest BCUT2D eigenvalue weighted by Crippen LogP contribution is 2.57. The number of aromatic nitrogens is 1. The molecule has 0 unspecified atom stereocenters. The third-order valence-corrected chi connectivity index (χ3v) is 22.1. The predicted octanol–water partition coefficient (Wildman–Crippen LogP) is 24.8. The van der Waals surface area contributed by atoms with Crippen molar-refractivity contribution in [3.8, 4) is 50.2 Å². The van der Waals surface area contributed by atoms with Gasteiger partial charge in [-0.05, 0) is 136 Å². The molecule has 7 heteroatoms. The molecule has 4 heterocycles. The van der Waals surface area contributed by atoms with Crippen LogP contribution >= 0.6 is 11.3 Å². The molecule has 0 spiro atoms. The summed E-state index contributed by atoms with van der Waals surface area (Å²) < 4.78 is 4.99. The summed E-state index contributed by atoms with van der Waals surface area (Å²) in [7, 11) is 0. The summed E-state index contributed by atoms with van der Waals surface area (Å²) in [5.41, 5.74) is 28.8. The maximum atomic E-state index is 2.72. The summed E-state index contributed by atoms with van der Waals surface area (Å²) in [6.45, 7) is -0.342. The van der Waals surface area contributed by atoms with Crippen molar-refractivity contribution in [3.63, 3.8) is 0 Å². The summed E-state index contributed by atoms with van der Waals surface area (Å²) in [6.07, 6.45) is 0. The molecule has 5 nitrogen and oxygen atoms in total. The SMILES string of the molecule is c1ccc(-c2cccc(-c3ccccc3)c2N2c3cc(N(c4ccccc4)c4ccccc4)ccc3B3c4c2cc(-n2c5ccccc5c5ccccc52)cc4N(c2c(-c4ccccc4)cccc2-c2ccccc2)c2cc(N(c4ccccc4)c4ccccc4)c4c(sc5ccccc54)c23)cc1. The number of anilines is 12. The quantitative estimate of drug-likeness (QED) is 0.107. The Morgan fingerprint density at radius 2 is 0.641 bits per heavy atom. The van der Waals surface area contributed by atoms with Crippen LogP contribution in [0.4, 0.5) is 68.2 Å². The molecule has 18 aromatic rings. The van der Waals surface area contributed by atoms with Crippen molar-refractivity contribution >= 4 is 145 Å². The fourth-order valence-electron chi connectivity index (χ4n) is 16.6. The van der Waals surface area contributed by atoms with Crippen LogP contribution in [-0.4, -0.2) is 11.3 Å². The fraction of sp³-hybridized carbons (Fsp3) is 0. The molecular weight excluding hydrogens is 1270 g/mol.